The van der Waals surface area contributed by atoms with Crippen LogP contribution in [0.15, 0.2) is 29.2 Å². The summed E-state index contributed by atoms with van der Waals surface area (Å²) in [5.41, 5.74) is 2.21. The second kappa shape index (κ2) is 9.62. The summed E-state index contributed by atoms with van der Waals surface area (Å²) >= 11 is 6.02. The van der Waals surface area contributed by atoms with Crippen molar-refractivity contribution < 1.29 is 9.32 Å². The average molecular weight is 449 g/mol. The molecule has 0 saturated carbocycles. The van der Waals surface area contributed by atoms with Crippen molar-refractivity contribution >= 4 is 34.2 Å². The van der Waals surface area contributed by atoms with E-state index in [2.05, 4.69) is 29.3 Å². The van der Waals surface area contributed by atoms with Gasteiger partial charge in [0.2, 0.25) is 5.95 Å². The van der Waals surface area contributed by atoms with Crippen molar-refractivity contribution in [1.82, 2.24) is 9.97 Å². The van der Waals surface area contributed by atoms with Gasteiger partial charge in [-0.25, -0.2) is 4.98 Å². The van der Waals surface area contributed by atoms with Gasteiger partial charge in [-0.3, -0.25) is 4.21 Å². The molecule has 2 aliphatic rings. The number of aliphatic hydroxyl groups is 1. The minimum absolute atomic E-state index is 0.0288. The monoisotopic (exact) mass is 448 g/mol. The third kappa shape index (κ3) is 4.63. The zero-order chi connectivity index (χ0) is 21.1. The van der Waals surface area contributed by atoms with Crippen molar-refractivity contribution in [3.63, 3.8) is 0 Å². The van der Waals surface area contributed by atoms with Gasteiger partial charge in [0.15, 0.2) is 0 Å². The molecule has 162 valence electrons. The van der Waals surface area contributed by atoms with Crippen LogP contribution in [0.2, 0.25) is 5.02 Å². The molecule has 2 aliphatic heterocycles. The smallest absolute Gasteiger partial charge is 0.227 e. The lowest BCUT2D eigenvalue weighted by Gasteiger charge is -2.33. The number of aliphatic hydroxyl groups excluding tert-OH is 1. The number of nitrogens with one attached hydrogen (secondary N) is 1. The molecule has 2 aromatic rings. The molecule has 4 rings (SSSR count). The highest BCUT2D eigenvalue weighted by atomic mass is 35.5. The molecular formula is C22H29ClN4O2S. The number of piperidine rings is 1. The molecule has 0 bridgehead atoms. The average Bonchev–Trinajstić information content (AvgIpc) is 3.15. The van der Waals surface area contributed by atoms with Gasteiger partial charge < -0.3 is 15.3 Å². The minimum Gasteiger partial charge on any atom is -0.394 e. The van der Waals surface area contributed by atoms with Crippen LogP contribution in [0.1, 0.15) is 49.8 Å². The highest BCUT2D eigenvalue weighted by Gasteiger charge is 2.29. The zero-order valence-electron chi connectivity index (χ0n) is 17.3. The normalized spacial score (nSPS) is 20.2. The topological polar surface area (TPSA) is 78.3 Å². The molecule has 0 radical (unpaired) electrons. The third-order valence-electron chi connectivity index (χ3n) is 5.99. The number of anilines is 2. The standard InChI is InChI=1S/C22H29ClN4O2S/c1-2-3-18(14-28)24-21-20-19(10-13-30(20)29)25-22(26-21)27-11-8-16(9-12-27)15-4-6-17(23)7-5-15/h4-7,16,18,28H,2-3,8-14H2,1H3,(H,24,25,26)/t18-,30?/m1/s1. The fourth-order valence-electron chi connectivity index (χ4n) is 4.32. The molecule has 3 heterocycles. The maximum absolute atomic E-state index is 12.5. The van der Waals surface area contributed by atoms with E-state index in [-0.39, 0.29) is 12.6 Å². The molecule has 0 amide bonds. The second-order valence-electron chi connectivity index (χ2n) is 8.07. The van der Waals surface area contributed by atoms with E-state index in [1.165, 1.54) is 5.56 Å². The van der Waals surface area contributed by atoms with Crippen molar-refractivity contribution in [1.29, 1.82) is 0 Å². The molecule has 30 heavy (non-hydrogen) atoms. The van der Waals surface area contributed by atoms with Crippen LogP contribution in [0, 0.1) is 0 Å². The first kappa shape index (κ1) is 21.5. The van der Waals surface area contributed by atoms with Crippen molar-refractivity contribution in [2.45, 2.75) is 55.9 Å². The summed E-state index contributed by atoms with van der Waals surface area (Å²) in [5, 5.41) is 13.8. The first-order valence-electron chi connectivity index (χ1n) is 10.8. The van der Waals surface area contributed by atoms with E-state index >= 15 is 0 Å². The highest BCUT2D eigenvalue weighted by Crippen LogP contribution is 2.34. The molecule has 1 fully saturated rings. The van der Waals surface area contributed by atoms with Crippen molar-refractivity contribution in [3.05, 3.63) is 40.5 Å². The first-order chi connectivity index (χ1) is 14.6. The Labute approximate surface area is 185 Å². The van der Waals surface area contributed by atoms with Gasteiger partial charge >= 0.3 is 0 Å². The van der Waals surface area contributed by atoms with Crippen LogP contribution < -0.4 is 10.2 Å². The van der Waals surface area contributed by atoms with E-state index in [0.717, 1.165) is 54.4 Å². The van der Waals surface area contributed by atoms with Gasteiger partial charge in [-0.1, -0.05) is 37.1 Å². The highest BCUT2D eigenvalue weighted by molar-refractivity contribution is 7.85. The van der Waals surface area contributed by atoms with E-state index in [0.29, 0.717) is 29.9 Å². The van der Waals surface area contributed by atoms with Gasteiger partial charge in [0, 0.05) is 30.3 Å². The van der Waals surface area contributed by atoms with Gasteiger partial charge in [-0.15, -0.1) is 0 Å². The Morgan fingerprint density at radius 1 is 1.27 bits per heavy atom. The van der Waals surface area contributed by atoms with E-state index in [1.54, 1.807) is 0 Å². The van der Waals surface area contributed by atoms with E-state index in [1.807, 2.05) is 12.1 Å². The summed E-state index contributed by atoms with van der Waals surface area (Å²) in [6, 6.07) is 8.07. The molecule has 1 aromatic heterocycles. The first-order valence-corrected chi connectivity index (χ1v) is 12.5. The quantitative estimate of drug-likeness (QED) is 0.671. The molecule has 1 saturated heterocycles. The Bertz CT molecular complexity index is 901. The number of hydrogen-bond donors (Lipinski definition) is 2. The number of aryl methyl sites for hydroxylation is 1. The number of hydrogen-bond acceptors (Lipinski definition) is 6. The number of halogens is 1. The molecule has 0 spiro atoms. The minimum atomic E-state index is -1.08. The molecule has 8 heteroatoms. The summed E-state index contributed by atoms with van der Waals surface area (Å²) in [6.07, 6.45) is 4.58. The van der Waals surface area contributed by atoms with E-state index in [4.69, 9.17) is 21.6 Å². The molecule has 2 atom stereocenters. The Hall–Kier alpha value is -1.70. The summed E-state index contributed by atoms with van der Waals surface area (Å²) in [5.74, 6) is 2.45. The lowest BCUT2D eigenvalue weighted by atomic mass is 9.89. The summed E-state index contributed by atoms with van der Waals surface area (Å²) in [6.45, 7) is 3.88. The predicted molar refractivity (Wildman–Crippen MR) is 122 cm³/mol. The predicted octanol–water partition coefficient (Wildman–Crippen LogP) is 3.75. The van der Waals surface area contributed by atoms with Gasteiger partial charge in [0.1, 0.15) is 10.7 Å². The largest absolute Gasteiger partial charge is 0.394 e. The summed E-state index contributed by atoms with van der Waals surface area (Å²) in [4.78, 5) is 12.5. The van der Waals surface area contributed by atoms with Gasteiger partial charge in [0.05, 0.1) is 29.1 Å². The van der Waals surface area contributed by atoms with Crippen LogP contribution in [-0.2, 0) is 17.2 Å². The Morgan fingerprint density at radius 3 is 2.67 bits per heavy atom. The number of benzene rings is 1. The molecule has 6 nitrogen and oxygen atoms in total. The van der Waals surface area contributed by atoms with Crippen LogP contribution in [0.25, 0.3) is 0 Å². The van der Waals surface area contributed by atoms with Gasteiger partial charge in [-0.2, -0.15) is 4.98 Å². The number of fused-ring (bicyclic) bond motifs is 1. The van der Waals surface area contributed by atoms with Crippen LogP contribution in [0.5, 0.6) is 0 Å². The van der Waals surface area contributed by atoms with Gasteiger partial charge in [-0.05, 0) is 42.9 Å². The Balaban J connectivity index is 1.52. The lowest BCUT2D eigenvalue weighted by molar-refractivity contribution is 0.268. The molecule has 2 N–H and O–H groups in total. The third-order valence-corrected chi connectivity index (χ3v) is 7.70. The van der Waals surface area contributed by atoms with Crippen molar-refractivity contribution in [2.75, 3.05) is 35.7 Å². The number of rotatable bonds is 7. The SMILES string of the molecule is CCC[C@H](CO)Nc1nc(N2CCC(c3ccc(Cl)cc3)CC2)nc2c1S(=O)CC2. The maximum Gasteiger partial charge on any atom is 0.227 e. The fourth-order valence-corrected chi connectivity index (χ4v) is 5.76. The van der Waals surface area contributed by atoms with Crippen molar-refractivity contribution in [3.8, 4) is 0 Å². The van der Waals surface area contributed by atoms with Crippen molar-refractivity contribution in [2.24, 2.45) is 0 Å². The molecule has 1 aromatic carbocycles. The zero-order valence-corrected chi connectivity index (χ0v) is 18.9. The lowest BCUT2D eigenvalue weighted by Crippen LogP contribution is -2.35. The van der Waals surface area contributed by atoms with E-state index < -0.39 is 10.8 Å². The molecule has 0 aliphatic carbocycles. The Kier molecular flexibility index (Phi) is 6.91. The number of nitrogens with zero attached hydrogens (tertiary/aromatic N) is 3. The number of aromatic nitrogens is 2. The molecular weight excluding hydrogens is 420 g/mol. The summed E-state index contributed by atoms with van der Waals surface area (Å²) < 4.78 is 12.5. The second-order valence-corrected chi connectivity index (χ2v) is 10.0. The maximum atomic E-state index is 12.5. The van der Waals surface area contributed by atoms with Gasteiger partial charge in [0.25, 0.3) is 0 Å². The van der Waals surface area contributed by atoms with E-state index in [9.17, 15) is 9.32 Å². The molecule has 1 unspecified atom stereocenters. The van der Waals surface area contributed by atoms with Crippen LogP contribution >= 0.6 is 11.6 Å². The fraction of sp³-hybridized carbons (Fsp3) is 0.545. The summed E-state index contributed by atoms with van der Waals surface area (Å²) in [7, 11) is -1.08. The Morgan fingerprint density at radius 2 is 2.00 bits per heavy atom. The van der Waals surface area contributed by atoms with Crippen LogP contribution in [-0.4, -0.2) is 50.8 Å². The van der Waals surface area contributed by atoms with Crippen LogP contribution in [0.3, 0.4) is 0 Å². The van der Waals surface area contributed by atoms with Crippen LogP contribution in [0.4, 0.5) is 11.8 Å².